The molecule has 0 bridgehead atoms. The molecule has 0 aliphatic heterocycles. The first-order chi connectivity index (χ1) is 8.47. The highest BCUT2D eigenvalue weighted by Gasteiger charge is 2.22. The average Bonchev–Trinajstić information content (AvgIpc) is 2.32. The van der Waals surface area contributed by atoms with Crippen LogP contribution in [0.2, 0.25) is 0 Å². The summed E-state index contributed by atoms with van der Waals surface area (Å²) in [6.45, 7) is 12.2. The molecule has 1 unspecified atom stereocenters. The Morgan fingerprint density at radius 2 is 2.06 bits per heavy atom. The van der Waals surface area contributed by atoms with Gasteiger partial charge >= 0.3 is 0 Å². The molecule has 0 amide bonds. The Kier molecular flexibility index (Phi) is 5.54. The van der Waals surface area contributed by atoms with Gasteiger partial charge in [-0.05, 0) is 30.5 Å². The maximum Gasteiger partial charge on any atom is 0.126 e. The number of hydrogen-bond acceptors (Lipinski definition) is 1. The van der Waals surface area contributed by atoms with Crippen molar-refractivity contribution in [1.82, 2.24) is 5.32 Å². The molecule has 0 aliphatic rings. The molecule has 1 N–H and O–H groups in total. The predicted octanol–water partition coefficient (Wildman–Crippen LogP) is 3.81. The summed E-state index contributed by atoms with van der Waals surface area (Å²) in [4.78, 5) is 0. The number of nitrogens with one attached hydrogen (secondary N) is 1. The van der Waals surface area contributed by atoms with Crippen molar-refractivity contribution in [2.75, 3.05) is 13.1 Å². The molecule has 0 fully saturated rings. The van der Waals surface area contributed by atoms with Crippen LogP contribution >= 0.6 is 0 Å². The van der Waals surface area contributed by atoms with E-state index in [1.165, 1.54) is 6.07 Å². The zero-order valence-corrected chi connectivity index (χ0v) is 11.7. The lowest BCUT2D eigenvalue weighted by atomic mass is 9.83. The first-order valence-corrected chi connectivity index (χ1v) is 6.54. The number of rotatable bonds is 7. The molecule has 1 rings (SSSR count). The second kappa shape index (κ2) is 6.69. The summed E-state index contributed by atoms with van der Waals surface area (Å²) in [6.07, 6.45) is 2.60. The Bertz CT molecular complexity index is 386. The SMILES string of the molecule is C=CC(C)(CNCC(C)C)Cc1ccccc1F. The summed E-state index contributed by atoms with van der Waals surface area (Å²) in [5.74, 6) is 0.488. The third-order valence-corrected chi connectivity index (χ3v) is 3.13. The highest BCUT2D eigenvalue weighted by atomic mass is 19.1. The molecule has 100 valence electrons. The topological polar surface area (TPSA) is 12.0 Å². The van der Waals surface area contributed by atoms with Crippen LogP contribution in [0.15, 0.2) is 36.9 Å². The van der Waals surface area contributed by atoms with E-state index in [0.717, 1.165) is 18.7 Å². The molecule has 0 radical (unpaired) electrons. The minimum absolute atomic E-state index is 0.114. The summed E-state index contributed by atoms with van der Waals surface area (Å²) >= 11 is 0. The minimum Gasteiger partial charge on any atom is -0.316 e. The lowest BCUT2D eigenvalue weighted by Gasteiger charge is -2.27. The van der Waals surface area contributed by atoms with Gasteiger partial charge in [0, 0.05) is 12.0 Å². The van der Waals surface area contributed by atoms with Crippen LogP contribution in [0.25, 0.3) is 0 Å². The lowest BCUT2D eigenvalue weighted by molar-refractivity contribution is 0.372. The van der Waals surface area contributed by atoms with E-state index in [1.807, 2.05) is 18.2 Å². The third-order valence-electron chi connectivity index (χ3n) is 3.13. The fourth-order valence-electron chi connectivity index (χ4n) is 1.93. The fourth-order valence-corrected chi connectivity index (χ4v) is 1.93. The molecule has 1 nitrogen and oxygen atoms in total. The van der Waals surface area contributed by atoms with Crippen LogP contribution in [-0.4, -0.2) is 13.1 Å². The number of halogens is 1. The molecular formula is C16H24FN. The molecule has 1 atom stereocenters. The Morgan fingerprint density at radius 3 is 2.61 bits per heavy atom. The van der Waals surface area contributed by atoms with Crippen LogP contribution < -0.4 is 5.32 Å². The molecule has 1 aromatic rings. The van der Waals surface area contributed by atoms with Gasteiger partial charge < -0.3 is 5.32 Å². The maximum atomic E-state index is 13.7. The molecule has 2 heteroatoms. The van der Waals surface area contributed by atoms with Gasteiger partial charge in [-0.3, -0.25) is 0 Å². The smallest absolute Gasteiger partial charge is 0.126 e. The van der Waals surface area contributed by atoms with Gasteiger partial charge in [0.25, 0.3) is 0 Å². The zero-order valence-electron chi connectivity index (χ0n) is 11.7. The normalized spacial score (nSPS) is 14.5. The summed E-state index contributed by atoms with van der Waals surface area (Å²) < 4.78 is 13.7. The quantitative estimate of drug-likeness (QED) is 0.725. The molecule has 0 heterocycles. The molecular weight excluding hydrogens is 225 g/mol. The van der Waals surface area contributed by atoms with Crippen molar-refractivity contribution >= 4 is 0 Å². The van der Waals surface area contributed by atoms with Gasteiger partial charge in [0.15, 0.2) is 0 Å². The van der Waals surface area contributed by atoms with Crippen molar-refractivity contribution in [2.24, 2.45) is 11.3 Å². The van der Waals surface area contributed by atoms with Crippen LogP contribution in [0.5, 0.6) is 0 Å². The molecule has 18 heavy (non-hydrogen) atoms. The first kappa shape index (κ1) is 14.9. The summed E-state index contributed by atoms with van der Waals surface area (Å²) in [5, 5.41) is 3.42. The number of hydrogen-bond donors (Lipinski definition) is 1. The third kappa shape index (κ3) is 4.61. The van der Waals surface area contributed by atoms with Crippen LogP contribution in [0.3, 0.4) is 0 Å². The molecule has 0 aromatic heterocycles. The van der Waals surface area contributed by atoms with Gasteiger partial charge in [0.1, 0.15) is 5.82 Å². The van der Waals surface area contributed by atoms with E-state index in [9.17, 15) is 4.39 Å². The van der Waals surface area contributed by atoms with Crippen LogP contribution in [0.1, 0.15) is 26.3 Å². The van der Waals surface area contributed by atoms with Gasteiger partial charge in [-0.2, -0.15) is 0 Å². The van der Waals surface area contributed by atoms with Gasteiger partial charge in [-0.25, -0.2) is 4.39 Å². The second-order valence-electron chi connectivity index (χ2n) is 5.65. The van der Waals surface area contributed by atoms with Gasteiger partial charge in [-0.15, -0.1) is 6.58 Å². The molecule has 0 saturated carbocycles. The highest BCUT2D eigenvalue weighted by Crippen LogP contribution is 2.24. The summed E-state index contributed by atoms with van der Waals surface area (Å²) in [7, 11) is 0. The fraction of sp³-hybridized carbons (Fsp3) is 0.500. The molecule has 0 spiro atoms. The predicted molar refractivity (Wildman–Crippen MR) is 76.1 cm³/mol. The summed E-state index contributed by atoms with van der Waals surface area (Å²) in [6, 6.07) is 6.96. The van der Waals surface area contributed by atoms with E-state index in [-0.39, 0.29) is 11.2 Å². The minimum atomic E-state index is -0.130. The Balaban J connectivity index is 2.65. The largest absolute Gasteiger partial charge is 0.316 e. The van der Waals surface area contributed by atoms with Crippen molar-refractivity contribution in [3.63, 3.8) is 0 Å². The Labute approximate surface area is 110 Å². The first-order valence-electron chi connectivity index (χ1n) is 6.54. The Morgan fingerprint density at radius 1 is 1.39 bits per heavy atom. The highest BCUT2D eigenvalue weighted by molar-refractivity contribution is 5.20. The van der Waals surface area contributed by atoms with Crippen molar-refractivity contribution in [1.29, 1.82) is 0 Å². The van der Waals surface area contributed by atoms with E-state index in [4.69, 9.17) is 0 Å². The van der Waals surface area contributed by atoms with Gasteiger partial charge in [0.2, 0.25) is 0 Å². The van der Waals surface area contributed by atoms with Gasteiger partial charge in [-0.1, -0.05) is 45.0 Å². The van der Waals surface area contributed by atoms with Crippen LogP contribution in [0.4, 0.5) is 4.39 Å². The van der Waals surface area contributed by atoms with Crippen LogP contribution in [0, 0.1) is 17.2 Å². The standard InChI is InChI=1S/C16H24FN/c1-5-16(4,12-18-11-13(2)3)10-14-8-6-7-9-15(14)17/h5-9,13,18H,1,10-12H2,2-4H3. The monoisotopic (exact) mass is 249 g/mol. The molecule has 1 aromatic carbocycles. The second-order valence-corrected chi connectivity index (χ2v) is 5.65. The molecule has 0 aliphatic carbocycles. The van der Waals surface area contributed by atoms with Crippen molar-refractivity contribution in [2.45, 2.75) is 27.2 Å². The average molecular weight is 249 g/mol. The van der Waals surface area contributed by atoms with E-state index in [2.05, 4.69) is 32.7 Å². The van der Waals surface area contributed by atoms with E-state index < -0.39 is 0 Å². The van der Waals surface area contributed by atoms with Crippen molar-refractivity contribution in [3.05, 3.63) is 48.3 Å². The van der Waals surface area contributed by atoms with Crippen molar-refractivity contribution < 1.29 is 4.39 Å². The zero-order chi connectivity index (χ0) is 13.6. The van der Waals surface area contributed by atoms with Gasteiger partial charge in [0.05, 0.1) is 0 Å². The summed E-state index contributed by atoms with van der Waals surface area (Å²) in [5.41, 5.74) is 0.642. The number of benzene rings is 1. The van der Waals surface area contributed by atoms with E-state index in [0.29, 0.717) is 12.3 Å². The maximum absolute atomic E-state index is 13.7. The lowest BCUT2D eigenvalue weighted by Crippen LogP contribution is -2.34. The van der Waals surface area contributed by atoms with E-state index >= 15 is 0 Å². The molecule has 0 saturated heterocycles. The van der Waals surface area contributed by atoms with Crippen molar-refractivity contribution in [3.8, 4) is 0 Å². The van der Waals surface area contributed by atoms with E-state index in [1.54, 1.807) is 6.07 Å². The Hall–Kier alpha value is -1.15. The van der Waals surface area contributed by atoms with Crippen LogP contribution in [-0.2, 0) is 6.42 Å².